The lowest BCUT2D eigenvalue weighted by Gasteiger charge is -2.19. The van der Waals surface area contributed by atoms with Gasteiger partial charge < -0.3 is 15.7 Å². The minimum atomic E-state index is -4.37. The highest BCUT2D eigenvalue weighted by Gasteiger charge is 2.31. The number of halogens is 3. The van der Waals surface area contributed by atoms with Gasteiger partial charge in [0.1, 0.15) is 6.04 Å². The molecule has 2 amide bonds. The van der Waals surface area contributed by atoms with E-state index in [1.807, 2.05) is 6.92 Å². The Kier molecular flexibility index (Phi) is 7.25. The van der Waals surface area contributed by atoms with Gasteiger partial charge in [-0.25, -0.2) is 9.59 Å². The topological polar surface area (TPSA) is 78.4 Å². The lowest BCUT2D eigenvalue weighted by Crippen LogP contribution is -2.49. The second-order valence-electron chi connectivity index (χ2n) is 4.37. The van der Waals surface area contributed by atoms with Crippen molar-refractivity contribution in [3.05, 3.63) is 0 Å². The molecule has 0 saturated heterocycles. The van der Waals surface area contributed by atoms with Crippen LogP contribution in [0.25, 0.3) is 0 Å². The average Bonchev–Trinajstić information content (AvgIpc) is 2.20. The van der Waals surface area contributed by atoms with Gasteiger partial charge in [-0.1, -0.05) is 19.8 Å². The summed E-state index contributed by atoms with van der Waals surface area (Å²) in [7, 11) is 0. The Balaban J connectivity index is 4.22. The maximum absolute atomic E-state index is 12.0. The van der Waals surface area contributed by atoms with Crippen LogP contribution in [0, 0.1) is 0 Å². The Morgan fingerprint density at radius 1 is 1.26 bits per heavy atom. The van der Waals surface area contributed by atoms with E-state index in [9.17, 15) is 22.8 Å². The smallest absolute Gasteiger partial charge is 0.391 e. The molecule has 112 valence electrons. The third-order valence-corrected chi connectivity index (χ3v) is 2.36. The highest BCUT2D eigenvalue weighted by Crippen LogP contribution is 2.21. The molecular formula is C11H19F3N2O3. The quantitative estimate of drug-likeness (QED) is 0.671. The fraction of sp³-hybridized carbons (Fsp3) is 0.818. The highest BCUT2D eigenvalue weighted by molar-refractivity contribution is 5.82. The van der Waals surface area contributed by atoms with Crippen LogP contribution < -0.4 is 10.6 Å². The summed E-state index contributed by atoms with van der Waals surface area (Å²) >= 11 is 0. The molecule has 19 heavy (non-hydrogen) atoms. The van der Waals surface area contributed by atoms with Crippen molar-refractivity contribution in [3.63, 3.8) is 0 Å². The number of nitrogens with one attached hydrogen (secondary N) is 2. The van der Waals surface area contributed by atoms with E-state index in [0.717, 1.165) is 6.42 Å². The molecule has 0 aliphatic rings. The van der Waals surface area contributed by atoms with Crippen LogP contribution in [0.15, 0.2) is 0 Å². The number of amides is 2. The molecule has 0 heterocycles. The van der Waals surface area contributed by atoms with E-state index in [0.29, 0.717) is 6.42 Å². The number of carboxylic acids is 1. The first-order valence-corrected chi connectivity index (χ1v) is 6.02. The van der Waals surface area contributed by atoms with Gasteiger partial charge in [-0.05, 0) is 13.3 Å². The molecule has 0 radical (unpaired) electrons. The fourth-order valence-corrected chi connectivity index (χ4v) is 1.49. The van der Waals surface area contributed by atoms with Crippen molar-refractivity contribution in [2.45, 2.75) is 57.8 Å². The Bertz CT molecular complexity index is 308. The van der Waals surface area contributed by atoms with Crippen LogP contribution in [0.3, 0.4) is 0 Å². The van der Waals surface area contributed by atoms with E-state index in [4.69, 9.17) is 5.11 Å². The van der Waals surface area contributed by atoms with Crippen LogP contribution in [-0.4, -0.2) is 35.4 Å². The molecular weight excluding hydrogens is 265 g/mol. The summed E-state index contributed by atoms with van der Waals surface area (Å²) in [6, 6.07) is -3.10. The third-order valence-electron chi connectivity index (χ3n) is 2.36. The molecule has 1 unspecified atom stereocenters. The van der Waals surface area contributed by atoms with E-state index in [1.165, 1.54) is 6.92 Å². The largest absolute Gasteiger partial charge is 0.480 e. The average molecular weight is 284 g/mol. The summed E-state index contributed by atoms with van der Waals surface area (Å²) < 4.78 is 36.1. The summed E-state index contributed by atoms with van der Waals surface area (Å²) in [6.45, 7) is 3.07. The van der Waals surface area contributed by atoms with Gasteiger partial charge in [-0.15, -0.1) is 0 Å². The van der Waals surface area contributed by atoms with Crippen LogP contribution >= 0.6 is 0 Å². The summed E-state index contributed by atoms with van der Waals surface area (Å²) in [5, 5.41) is 13.1. The monoisotopic (exact) mass is 284 g/mol. The Hall–Kier alpha value is -1.47. The number of hydrogen-bond donors (Lipinski definition) is 3. The highest BCUT2D eigenvalue weighted by atomic mass is 19.4. The predicted molar refractivity (Wildman–Crippen MR) is 62.8 cm³/mol. The minimum Gasteiger partial charge on any atom is -0.480 e. The molecule has 0 aromatic carbocycles. The number of alkyl halides is 3. The molecule has 0 aromatic rings. The molecule has 0 bridgehead atoms. The summed E-state index contributed by atoms with van der Waals surface area (Å²) in [5.74, 6) is -1.20. The predicted octanol–water partition coefficient (Wildman–Crippen LogP) is 2.27. The molecule has 2 atom stereocenters. The van der Waals surface area contributed by atoms with Crippen LogP contribution in [0.5, 0.6) is 0 Å². The number of unbranched alkanes of at least 4 members (excludes halogenated alkanes) is 1. The summed E-state index contributed by atoms with van der Waals surface area (Å²) in [5.41, 5.74) is 0. The first kappa shape index (κ1) is 17.5. The van der Waals surface area contributed by atoms with E-state index < -0.39 is 36.7 Å². The summed E-state index contributed by atoms with van der Waals surface area (Å²) in [6.07, 6.45) is -3.92. The molecule has 0 saturated carbocycles. The SMILES string of the molecule is CCCC[C@H](NC(=O)NC(C)CC(F)(F)F)C(=O)O. The van der Waals surface area contributed by atoms with Gasteiger partial charge in [0.05, 0.1) is 6.42 Å². The number of rotatable bonds is 7. The molecule has 5 nitrogen and oxygen atoms in total. The maximum Gasteiger partial charge on any atom is 0.391 e. The van der Waals surface area contributed by atoms with Crippen molar-refractivity contribution in [1.29, 1.82) is 0 Å². The molecule has 0 rings (SSSR count). The number of urea groups is 1. The molecule has 0 aliphatic heterocycles. The first-order chi connectivity index (χ1) is 8.65. The van der Waals surface area contributed by atoms with Crippen molar-refractivity contribution in [2.24, 2.45) is 0 Å². The zero-order valence-corrected chi connectivity index (χ0v) is 10.9. The number of aliphatic carboxylic acids is 1. The minimum absolute atomic E-state index is 0.243. The molecule has 0 spiro atoms. The molecule has 0 fully saturated rings. The third kappa shape index (κ3) is 9.15. The fourth-order valence-electron chi connectivity index (χ4n) is 1.49. The normalized spacial score (nSPS) is 14.6. The van der Waals surface area contributed by atoms with Crippen LogP contribution in [0.2, 0.25) is 0 Å². The second kappa shape index (κ2) is 7.85. The second-order valence-corrected chi connectivity index (χ2v) is 4.37. The molecule has 0 aromatic heterocycles. The Labute approximate surface area is 109 Å². The Morgan fingerprint density at radius 2 is 1.84 bits per heavy atom. The van der Waals surface area contributed by atoms with Crippen LogP contribution in [0.4, 0.5) is 18.0 Å². The van der Waals surface area contributed by atoms with Crippen molar-refractivity contribution in [2.75, 3.05) is 0 Å². The first-order valence-electron chi connectivity index (χ1n) is 6.02. The zero-order chi connectivity index (χ0) is 15.1. The number of carbonyl (C=O) groups excluding carboxylic acids is 1. The van der Waals surface area contributed by atoms with Gasteiger partial charge in [0, 0.05) is 6.04 Å². The number of hydrogen-bond acceptors (Lipinski definition) is 2. The van der Waals surface area contributed by atoms with E-state index in [1.54, 1.807) is 0 Å². The van der Waals surface area contributed by atoms with Crippen LogP contribution in [-0.2, 0) is 4.79 Å². The van der Waals surface area contributed by atoms with Gasteiger partial charge in [-0.2, -0.15) is 13.2 Å². The van der Waals surface area contributed by atoms with Crippen molar-refractivity contribution in [1.82, 2.24) is 10.6 Å². The van der Waals surface area contributed by atoms with E-state index in [2.05, 4.69) is 10.6 Å². The molecule has 3 N–H and O–H groups in total. The maximum atomic E-state index is 12.0. The van der Waals surface area contributed by atoms with Crippen molar-refractivity contribution >= 4 is 12.0 Å². The standard InChI is InChI=1S/C11H19F3N2O3/c1-3-4-5-8(9(17)18)16-10(19)15-7(2)6-11(12,13)14/h7-8H,3-6H2,1-2H3,(H,17,18)(H2,15,16,19)/t7?,8-/m0/s1. The van der Waals surface area contributed by atoms with E-state index >= 15 is 0 Å². The van der Waals surface area contributed by atoms with Gasteiger partial charge in [0.25, 0.3) is 0 Å². The van der Waals surface area contributed by atoms with Crippen LogP contribution in [0.1, 0.15) is 39.5 Å². The lowest BCUT2D eigenvalue weighted by atomic mass is 10.1. The summed E-state index contributed by atoms with van der Waals surface area (Å²) in [4.78, 5) is 22.2. The van der Waals surface area contributed by atoms with Crippen molar-refractivity contribution < 1.29 is 27.9 Å². The van der Waals surface area contributed by atoms with Gasteiger partial charge in [-0.3, -0.25) is 0 Å². The zero-order valence-electron chi connectivity index (χ0n) is 10.9. The van der Waals surface area contributed by atoms with Gasteiger partial charge in [0.2, 0.25) is 0 Å². The number of carbonyl (C=O) groups is 2. The van der Waals surface area contributed by atoms with Gasteiger partial charge in [0.15, 0.2) is 0 Å². The van der Waals surface area contributed by atoms with Crippen molar-refractivity contribution in [3.8, 4) is 0 Å². The number of carboxylic acid groups (broad SMARTS) is 1. The van der Waals surface area contributed by atoms with E-state index in [-0.39, 0.29) is 6.42 Å². The molecule has 0 aliphatic carbocycles. The Morgan fingerprint density at radius 3 is 2.26 bits per heavy atom. The molecule has 8 heteroatoms. The lowest BCUT2D eigenvalue weighted by molar-refractivity contribution is -0.140. The van der Waals surface area contributed by atoms with Gasteiger partial charge >= 0.3 is 18.2 Å².